The van der Waals surface area contributed by atoms with Crippen LogP contribution < -0.4 is 0 Å². The summed E-state index contributed by atoms with van der Waals surface area (Å²) in [7, 11) is 0. The van der Waals surface area contributed by atoms with Crippen molar-refractivity contribution >= 4 is 22.1 Å². The molecular weight excluding hydrogens is 343 g/mol. The van der Waals surface area contributed by atoms with E-state index in [1.165, 1.54) is 0 Å². The van der Waals surface area contributed by atoms with Crippen molar-refractivity contribution in [2.45, 2.75) is 19.5 Å². The van der Waals surface area contributed by atoms with E-state index >= 15 is 0 Å². The van der Waals surface area contributed by atoms with Crippen LogP contribution in [0.3, 0.4) is 0 Å². The molecule has 3 heterocycles. The van der Waals surface area contributed by atoms with Gasteiger partial charge in [-0.25, -0.2) is 9.97 Å². The molecule has 0 bridgehead atoms. The second-order valence-electron chi connectivity index (χ2n) is 6.00. The highest BCUT2D eigenvalue weighted by atomic mass is 19.4. The van der Waals surface area contributed by atoms with Crippen LogP contribution in [0.4, 0.5) is 13.2 Å². The fourth-order valence-corrected chi connectivity index (χ4v) is 3.05. The van der Waals surface area contributed by atoms with Crippen LogP contribution in [0.5, 0.6) is 0 Å². The fourth-order valence-electron chi connectivity index (χ4n) is 3.05. The van der Waals surface area contributed by atoms with Gasteiger partial charge in [-0.1, -0.05) is 6.08 Å². The molecule has 4 rings (SSSR count). The quantitative estimate of drug-likeness (QED) is 0.555. The Kier molecular flexibility index (Phi) is 3.57. The zero-order chi connectivity index (χ0) is 18.5. The average Bonchev–Trinajstić information content (AvgIpc) is 3.18. The molecule has 8 heteroatoms. The van der Waals surface area contributed by atoms with Gasteiger partial charge in [0.25, 0.3) is 0 Å². The Hall–Kier alpha value is -3.16. The first-order chi connectivity index (χ1) is 12.4. The highest BCUT2D eigenvalue weighted by molar-refractivity contribution is 5.85. The number of H-pyrrole nitrogens is 1. The first kappa shape index (κ1) is 16.3. The number of pyridine rings is 1. The highest BCUT2D eigenvalue weighted by Gasteiger charge is 2.38. The zero-order valence-corrected chi connectivity index (χ0v) is 13.8. The molecule has 5 nitrogen and oxygen atoms in total. The predicted molar refractivity (Wildman–Crippen MR) is 92.2 cm³/mol. The summed E-state index contributed by atoms with van der Waals surface area (Å²) in [4.78, 5) is 8.06. The summed E-state index contributed by atoms with van der Waals surface area (Å²) in [5.41, 5.74) is 2.89. The molecule has 0 aliphatic rings. The first-order valence-corrected chi connectivity index (χ1v) is 7.89. The summed E-state index contributed by atoms with van der Waals surface area (Å²) >= 11 is 0. The number of aromatic nitrogens is 5. The van der Waals surface area contributed by atoms with Crippen LogP contribution in [-0.2, 0) is 12.6 Å². The summed E-state index contributed by atoms with van der Waals surface area (Å²) in [5.74, 6) is -1.00. The molecule has 1 N–H and O–H groups in total. The third-order valence-corrected chi connectivity index (χ3v) is 4.13. The topological polar surface area (TPSA) is 59.4 Å². The summed E-state index contributed by atoms with van der Waals surface area (Å²) in [6, 6.07) is 6.51. The second kappa shape index (κ2) is 5.69. The number of halogens is 3. The van der Waals surface area contributed by atoms with Gasteiger partial charge in [-0.05, 0) is 43.2 Å². The van der Waals surface area contributed by atoms with E-state index in [0.29, 0.717) is 23.2 Å². The van der Waals surface area contributed by atoms with Crippen LogP contribution in [0.15, 0.2) is 43.1 Å². The molecule has 3 aromatic heterocycles. The molecule has 0 spiro atoms. The molecule has 0 atom stereocenters. The lowest BCUT2D eigenvalue weighted by Gasteiger charge is -2.13. The number of hydrogen-bond acceptors (Lipinski definition) is 3. The normalized spacial score (nSPS) is 12.2. The molecular formula is C18H14F3N5. The maximum absolute atomic E-state index is 13.6. The number of hydrogen-bond donors (Lipinski definition) is 1. The number of nitrogens with one attached hydrogen (secondary N) is 1. The van der Waals surface area contributed by atoms with Crippen molar-refractivity contribution in [3.05, 3.63) is 60.2 Å². The van der Waals surface area contributed by atoms with Gasteiger partial charge >= 0.3 is 6.18 Å². The van der Waals surface area contributed by atoms with Gasteiger partial charge in [-0.2, -0.15) is 18.3 Å². The van der Waals surface area contributed by atoms with Crippen molar-refractivity contribution in [2.75, 3.05) is 0 Å². The summed E-state index contributed by atoms with van der Waals surface area (Å²) < 4.78 is 41.9. The van der Waals surface area contributed by atoms with Gasteiger partial charge in [0.15, 0.2) is 5.65 Å². The van der Waals surface area contributed by atoms with Gasteiger partial charge in [-0.3, -0.25) is 9.67 Å². The van der Waals surface area contributed by atoms with E-state index in [-0.39, 0.29) is 11.2 Å². The summed E-state index contributed by atoms with van der Waals surface area (Å²) in [6.45, 7) is 5.44. The van der Waals surface area contributed by atoms with Crippen LogP contribution >= 0.6 is 0 Å². The van der Waals surface area contributed by atoms with E-state index in [2.05, 4.69) is 26.7 Å². The minimum atomic E-state index is -4.61. The maximum atomic E-state index is 13.6. The van der Waals surface area contributed by atoms with Crippen molar-refractivity contribution < 1.29 is 13.2 Å². The predicted octanol–water partition coefficient (Wildman–Crippen LogP) is 4.35. The Bertz CT molecular complexity index is 1140. The third-order valence-electron chi connectivity index (χ3n) is 4.13. The Balaban J connectivity index is 2.09. The van der Waals surface area contributed by atoms with Crippen molar-refractivity contribution in [1.29, 1.82) is 0 Å². The second-order valence-corrected chi connectivity index (χ2v) is 6.00. The number of rotatable bonds is 3. The van der Waals surface area contributed by atoms with Crippen LogP contribution in [0.2, 0.25) is 0 Å². The standard InChI is InChI=1S/C18H14F3N5/c1-3-4-11-7-13(8-12-9-22-25-15(11)12)26-16-14(6-5-10(2)23-16)24-17(26)18(19,20)21/h3,5-9H,1,4H2,2H3,(H,22,25). The molecule has 0 radical (unpaired) electrons. The number of nitrogens with zero attached hydrogens (tertiary/aromatic N) is 4. The largest absolute Gasteiger partial charge is 0.450 e. The van der Waals surface area contributed by atoms with Crippen LogP contribution in [0.1, 0.15) is 17.1 Å². The molecule has 1 aromatic carbocycles. The van der Waals surface area contributed by atoms with E-state index < -0.39 is 12.0 Å². The summed E-state index contributed by atoms with van der Waals surface area (Å²) in [6.07, 6.45) is -0.847. The Labute approximate surface area is 146 Å². The van der Waals surface area contributed by atoms with Crippen LogP contribution in [-0.4, -0.2) is 24.7 Å². The van der Waals surface area contributed by atoms with Crippen molar-refractivity contribution in [3.8, 4) is 5.69 Å². The number of fused-ring (bicyclic) bond motifs is 2. The third kappa shape index (κ3) is 2.54. The van der Waals surface area contributed by atoms with Gasteiger partial charge in [-0.15, -0.1) is 6.58 Å². The smallest absolute Gasteiger partial charge is 0.278 e. The number of aryl methyl sites for hydroxylation is 1. The lowest BCUT2D eigenvalue weighted by Crippen LogP contribution is -2.14. The number of imidazole rings is 1. The lowest BCUT2D eigenvalue weighted by atomic mass is 10.1. The molecule has 0 amide bonds. The maximum Gasteiger partial charge on any atom is 0.450 e. The van der Waals surface area contributed by atoms with E-state index in [1.54, 1.807) is 43.5 Å². The van der Waals surface area contributed by atoms with Crippen molar-refractivity contribution in [2.24, 2.45) is 0 Å². The number of aromatic amines is 1. The van der Waals surface area contributed by atoms with Crippen LogP contribution in [0, 0.1) is 6.92 Å². The van der Waals surface area contributed by atoms with Gasteiger partial charge in [0.05, 0.1) is 17.4 Å². The Morgan fingerprint density at radius 2 is 2.04 bits per heavy atom. The van der Waals surface area contributed by atoms with E-state index in [4.69, 9.17) is 0 Å². The molecule has 26 heavy (non-hydrogen) atoms. The number of benzene rings is 1. The molecule has 0 aliphatic heterocycles. The van der Waals surface area contributed by atoms with Gasteiger partial charge in [0.1, 0.15) is 5.52 Å². The van der Waals surface area contributed by atoms with Crippen molar-refractivity contribution in [3.63, 3.8) is 0 Å². The van der Waals surface area contributed by atoms with E-state index in [1.807, 2.05) is 0 Å². The van der Waals surface area contributed by atoms with E-state index in [0.717, 1.165) is 15.6 Å². The highest BCUT2D eigenvalue weighted by Crippen LogP contribution is 2.34. The molecule has 0 aliphatic carbocycles. The molecule has 0 unspecified atom stereocenters. The fraction of sp³-hybridized carbons (Fsp3) is 0.167. The molecule has 4 aromatic rings. The van der Waals surface area contributed by atoms with E-state index in [9.17, 15) is 13.2 Å². The minimum absolute atomic E-state index is 0.171. The minimum Gasteiger partial charge on any atom is -0.278 e. The number of alkyl halides is 3. The Morgan fingerprint density at radius 1 is 1.23 bits per heavy atom. The summed E-state index contributed by atoms with van der Waals surface area (Å²) in [5, 5.41) is 7.58. The van der Waals surface area contributed by atoms with Crippen molar-refractivity contribution in [1.82, 2.24) is 24.7 Å². The first-order valence-electron chi connectivity index (χ1n) is 7.89. The van der Waals surface area contributed by atoms with Gasteiger partial charge < -0.3 is 0 Å². The molecule has 0 saturated heterocycles. The molecule has 132 valence electrons. The number of allylic oxidation sites excluding steroid dienone is 1. The SMILES string of the molecule is C=CCc1cc(-n2c(C(F)(F)F)nc3ccc(C)nc32)cc2cn[nH]c12. The lowest BCUT2D eigenvalue weighted by molar-refractivity contribution is -0.145. The zero-order valence-electron chi connectivity index (χ0n) is 13.8. The molecule has 0 saturated carbocycles. The Morgan fingerprint density at radius 3 is 2.77 bits per heavy atom. The van der Waals surface area contributed by atoms with Crippen LogP contribution in [0.25, 0.3) is 27.8 Å². The molecule has 0 fully saturated rings. The average molecular weight is 357 g/mol. The van der Waals surface area contributed by atoms with Gasteiger partial charge in [0, 0.05) is 11.1 Å². The van der Waals surface area contributed by atoms with Gasteiger partial charge in [0.2, 0.25) is 5.82 Å². The monoisotopic (exact) mass is 357 g/mol.